The minimum absolute atomic E-state index is 0.233. The molecule has 0 atom stereocenters. The Balaban J connectivity index is 2.56. The van der Waals surface area contributed by atoms with E-state index < -0.39 is 5.21 Å². The molecule has 0 bridgehead atoms. The smallest absolute Gasteiger partial charge is 0.302 e. The van der Waals surface area contributed by atoms with E-state index in [0.29, 0.717) is 6.42 Å². The Morgan fingerprint density at radius 3 is 2.47 bits per heavy atom. The van der Waals surface area contributed by atoms with Crippen molar-refractivity contribution in [2.75, 3.05) is 6.61 Å². The zero-order valence-electron chi connectivity index (χ0n) is 8.77. The summed E-state index contributed by atoms with van der Waals surface area (Å²) in [5, 5.41) is -0.948. The first-order valence-electron chi connectivity index (χ1n) is 4.79. The van der Waals surface area contributed by atoms with Crippen molar-refractivity contribution in [3.8, 4) is 0 Å². The second kappa shape index (κ2) is 5.06. The van der Waals surface area contributed by atoms with Crippen LogP contribution < -0.4 is 0 Å². The molecule has 0 saturated carbocycles. The quantitative estimate of drug-likeness (QED) is 0.535. The molecule has 0 saturated heterocycles. The Labute approximate surface area is 92.8 Å². The molecule has 1 rings (SSSR count). The third-order valence-electron chi connectivity index (χ3n) is 2.13. The van der Waals surface area contributed by atoms with Gasteiger partial charge < -0.3 is 4.74 Å². The molecule has 0 N–H and O–H groups in total. The third-order valence-corrected chi connectivity index (χ3v) is 2.13. The van der Waals surface area contributed by atoms with Crippen molar-refractivity contribution in [2.24, 2.45) is 0 Å². The van der Waals surface area contributed by atoms with E-state index in [4.69, 9.17) is 20.4 Å². The largest absolute Gasteiger partial charge is 0.466 e. The Hall–Kier alpha value is -1.18. The number of esters is 1. The molecular formula is C11H12B2O2. The van der Waals surface area contributed by atoms with E-state index in [9.17, 15) is 4.79 Å². The van der Waals surface area contributed by atoms with E-state index in [1.807, 2.05) is 30.3 Å². The summed E-state index contributed by atoms with van der Waals surface area (Å²) in [7, 11) is 11.8. The fraction of sp³-hybridized carbons (Fsp3) is 0.364. The summed E-state index contributed by atoms with van der Waals surface area (Å²) in [6.45, 7) is 1.59. The van der Waals surface area contributed by atoms with Crippen molar-refractivity contribution >= 4 is 21.7 Å². The Morgan fingerprint density at radius 2 is 1.93 bits per heavy atom. The van der Waals surface area contributed by atoms with E-state index in [-0.39, 0.29) is 12.6 Å². The molecule has 2 nitrogen and oxygen atoms in total. The fourth-order valence-electron chi connectivity index (χ4n) is 1.26. The molecule has 0 heterocycles. The van der Waals surface area contributed by atoms with Crippen LogP contribution in [0.1, 0.15) is 18.9 Å². The third kappa shape index (κ3) is 3.82. The Morgan fingerprint density at radius 1 is 1.33 bits per heavy atom. The molecule has 0 unspecified atom stereocenters. The van der Waals surface area contributed by atoms with Crippen molar-refractivity contribution in [1.82, 2.24) is 0 Å². The second-order valence-electron chi connectivity index (χ2n) is 3.50. The van der Waals surface area contributed by atoms with Crippen LogP contribution >= 0.6 is 0 Å². The zero-order chi connectivity index (χ0) is 11.3. The zero-order valence-corrected chi connectivity index (χ0v) is 8.77. The van der Waals surface area contributed by atoms with Crippen LogP contribution in [0, 0.1) is 0 Å². The van der Waals surface area contributed by atoms with Crippen molar-refractivity contribution in [3.63, 3.8) is 0 Å². The monoisotopic (exact) mass is 198 g/mol. The molecular weight excluding hydrogens is 186 g/mol. The first kappa shape index (κ1) is 11.9. The normalized spacial score (nSPS) is 11.0. The molecule has 0 aliphatic rings. The topological polar surface area (TPSA) is 26.3 Å². The van der Waals surface area contributed by atoms with Crippen molar-refractivity contribution in [3.05, 3.63) is 35.9 Å². The van der Waals surface area contributed by atoms with Gasteiger partial charge in [-0.05, 0) is 6.42 Å². The number of hydrogen-bond donors (Lipinski definition) is 0. The van der Waals surface area contributed by atoms with Gasteiger partial charge in [0.2, 0.25) is 0 Å². The lowest BCUT2D eigenvalue weighted by molar-refractivity contribution is -0.141. The second-order valence-corrected chi connectivity index (χ2v) is 3.50. The highest BCUT2D eigenvalue weighted by atomic mass is 16.5. The molecule has 0 spiro atoms. The average Bonchev–Trinajstić information content (AvgIpc) is 2.18. The number of hydrogen-bond acceptors (Lipinski definition) is 2. The van der Waals surface area contributed by atoms with E-state index >= 15 is 0 Å². The maximum atomic E-state index is 10.6. The maximum absolute atomic E-state index is 10.6. The van der Waals surface area contributed by atoms with Gasteiger partial charge in [-0.15, -0.1) is 0 Å². The molecule has 0 aromatic heterocycles. The predicted molar refractivity (Wildman–Crippen MR) is 60.9 cm³/mol. The Kier molecular flexibility index (Phi) is 4.01. The molecule has 0 aliphatic heterocycles. The molecule has 4 heteroatoms. The van der Waals surface area contributed by atoms with Crippen LogP contribution in [0.4, 0.5) is 0 Å². The van der Waals surface area contributed by atoms with Crippen LogP contribution in [0.5, 0.6) is 0 Å². The summed E-state index contributed by atoms with van der Waals surface area (Å²) < 4.78 is 4.80. The number of carbonyl (C=O) groups is 1. The van der Waals surface area contributed by atoms with Gasteiger partial charge >= 0.3 is 5.97 Å². The number of ether oxygens (including phenoxy) is 1. The van der Waals surface area contributed by atoms with Gasteiger partial charge in [0.05, 0.1) is 22.3 Å². The van der Waals surface area contributed by atoms with Crippen LogP contribution in [0.3, 0.4) is 0 Å². The molecule has 74 valence electrons. The lowest BCUT2D eigenvalue weighted by atomic mass is 9.49. The van der Waals surface area contributed by atoms with E-state index in [2.05, 4.69) is 0 Å². The lowest BCUT2D eigenvalue weighted by Crippen LogP contribution is -2.29. The van der Waals surface area contributed by atoms with E-state index in [1.54, 1.807) is 0 Å². The van der Waals surface area contributed by atoms with Gasteiger partial charge in [-0.25, -0.2) is 0 Å². The van der Waals surface area contributed by atoms with Gasteiger partial charge in [0.1, 0.15) is 0 Å². The van der Waals surface area contributed by atoms with Gasteiger partial charge in [0.25, 0.3) is 0 Å². The molecule has 0 fully saturated rings. The maximum Gasteiger partial charge on any atom is 0.302 e. The van der Waals surface area contributed by atoms with Crippen LogP contribution in [0.2, 0.25) is 0 Å². The standard InChI is InChI=1S/C11H12B2O2/c1-9(14)15-8-7-11(12,13)10-5-3-2-4-6-10/h2-6H,7-8H2,1H3. The van der Waals surface area contributed by atoms with E-state index in [1.165, 1.54) is 6.92 Å². The number of carbonyl (C=O) groups excluding carboxylic acids is 1. The fourth-order valence-corrected chi connectivity index (χ4v) is 1.26. The summed E-state index contributed by atoms with van der Waals surface area (Å²) in [4.78, 5) is 10.6. The lowest BCUT2D eigenvalue weighted by Gasteiger charge is -2.25. The van der Waals surface area contributed by atoms with Gasteiger partial charge in [0.15, 0.2) is 0 Å². The summed E-state index contributed by atoms with van der Waals surface area (Å²) in [5.41, 5.74) is 0.831. The van der Waals surface area contributed by atoms with Gasteiger partial charge in [-0.2, -0.15) is 0 Å². The molecule has 1 aromatic carbocycles. The Bertz CT molecular complexity index is 323. The summed E-state index contributed by atoms with van der Waals surface area (Å²) >= 11 is 0. The first-order chi connectivity index (χ1) is 7.02. The van der Waals surface area contributed by atoms with Gasteiger partial charge in [-0.1, -0.05) is 41.1 Å². The molecule has 0 aliphatic carbocycles. The van der Waals surface area contributed by atoms with Crippen LogP contribution in [0.25, 0.3) is 0 Å². The van der Waals surface area contributed by atoms with Crippen LogP contribution in [-0.2, 0) is 14.7 Å². The molecule has 0 amide bonds. The highest BCUT2D eigenvalue weighted by molar-refractivity contribution is 6.40. The van der Waals surface area contributed by atoms with Crippen LogP contribution in [-0.4, -0.2) is 28.3 Å². The van der Waals surface area contributed by atoms with Gasteiger partial charge in [0, 0.05) is 6.92 Å². The van der Waals surface area contributed by atoms with Crippen LogP contribution in [0.15, 0.2) is 30.3 Å². The highest BCUT2D eigenvalue weighted by Gasteiger charge is 2.19. The molecule has 4 radical (unpaired) electrons. The minimum Gasteiger partial charge on any atom is -0.466 e. The summed E-state index contributed by atoms with van der Waals surface area (Å²) in [5.74, 6) is -0.320. The van der Waals surface area contributed by atoms with Crippen molar-refractivity contribution < 1.29 is 9.53 Å². The summed E-state index contributed by atoms with van der Waals surface area (Å²) in [6.07, 6.45) is 0.399. The van der Waals surface area contributed by atoms with Gasteiger partial charge in [-0.3, -0.25) is 4.79 Å². The van der Waals surface area contributed by atoms with E-state index in [0.717, 1.165) is 5.56 Å². The van der Waals surface area contributed by atoms with Crippen molar-refractivity contribution in [2.45, 2.75) is 18.6 Å². The highest BCUT2D eigenvalue weighted by Crippen LogP contribution is 2.20. The first-order valence-corrected chi connectivity index (χ1v) is 4.79. The molecule has 15 heavy (non-hydrogen) atoms. The minimum atomic E-state index is -0.948. The molecule has 1 aromatic rings. The average molecular weight is 198 g/mol. The SMILES string of the molecule is [B]C([B])(CCOC(C)=O)c1ccccc1. The predicted octanol–water partition coefficient (Wildman–Crippen LogP) is 1.13. The number of rotatable bonds is 4. The van der Waals surface area contributed by atoms with Crippen molar-refractivity contribution in [1.29, 1.82) is 0 Å². The number of benzene rings is 1. The summed E-state index contributed by atoms with van der Waals surface area (Å²) in [6, 6.07) is 9.35.